The molecule has 10 heteroatoms. The molecule has 1 amide bonds. The molecular weight excluding hydrogens is 479 g/mol. The van der Waals surface area contributed by atoms with Gasteiger partial charge in [0.1, 0.15) is 5.78 Å². The van der Waals surface area contributed by atoms with Gasteiger partial charge in [-0.25, -0.2) is 4.79 Å². The fraction of sp³-hybridized carbons (Fsp3) is 0.727. The number of nitrogens with one attached hydrogen (secondary N) is 1. The van der Waals surface area contributed by atoms with Crippen LogP contribution >= 0.6 is 0 Å². The summed E-state index contributed by atoms with van der Waals surface area (Å²) in [5.41, 5.74) is 0. The molecule has 32 heavy (non-hydrogen) atoms. The number of rotatable bonds is 8. The summed E-state index contributed by atoms with van der Waals surface area (Å²) in [6, 6.07) is 0. The quantitative estimate of drug-likeness (QED) is 0.177. The van der Waals surface area contributed by atoms with Crippen molar-refractivity contribution >= 4 is 37.2 Å². The average Bonchev–Trinajstić information content (AvgIpc) is 3.46. The normalized spacial score (nSPS) is 22.4. The summed E-state index contributed by atoms with van der Waals surface area (Å²) in [7, 11) is 0. The number of aliphatic hydroxyl groups excluding tert-OH is 1. The smallest absolute Gasteiger partial charge is 0.450 e. The third-order valence-electron chi connectivity index (χ3n) is 5.01. The number of fused-ring (bicyclic) bond motifs is 1. The van der Waals surface area contributed by atoms with Crippen LogP contribution in [0, 0.1) is 5.92 Å². The van der Waals surface area contributed by atoms with Gasteiger partial charge in [-0.1, -0.05) is 27.7 Å². The molecule has 0 aromatic carbocycles. The minimum absolute atomic E-state index is 0.0156. The van der Waals surface area contributed by atoms with Crippen molar-refractivity contribution in [2.45, 2.75) is 94.9 Å². The Kier molecular flexibility index (Phi) is 17.8. The van der Waals surface area contributed by atoms with E-state index in [0.29, 0.717) is 0 Å². The van der Waals surface area contributed by atoms with Gasteiger partial charge in [-0.2, -0.15) is 0 Å². The van der Waals surface area contributed by atoms with Crippen LogP contribution in [0.2, 0.25) is 15.1 Å². The van der Waals surface area contributed by atoms with Crippen molar-refractivity contribution in [2.75, 3.05) is 0 Å². The van der Waals surface area contributed by atoms with Gasteiger partial charge in [0.05, 0.1) is 0 Å². The number of amides is 1. The van der Waals surface area contributed by atoms with Gasteiger partial charge in [0.15, 0.2) is 0 Å². The van der Waals surface area contributed by atoms with Crippen molar-refractivity contribution < 1.29 is 34.9 Å². The standard InChI is InChI=1S/C14H24AsN2O3.C5H10O.C2H6.CH2O3/c1-2-3-5-11(18)6-4-8-15-9-7-13(17-20)16-14(19)12(15)10-15;1-4(2)5(3)6;1-2;2-1(3)4/h7,9,11-12,18,20H,2-6,8,10H2,1H3,(H,16,17,19);4H,1-3H3;1-2H3;(H2,2,3,4). The molecule has 2 rings (SSSR count). The second-order valence-corrected chi connectivity index (χ2v) is 16.1. The van der Waals surface area contributed by atoms with E-state index in [0.717, 1.165) is 42.5 Å². The van der Waals surface area contributed by atoms with Crippen LogP contribution in [0.4, 0.5) is 4.79 Å². The molecule has 3 unspecified atom stereocenters. The Morgan fingerprint density at radius 2 is 1.72 bits per heavy atom. The molecule has 2 aliphatic heterocycles. The van der Waals surface area contributed by atoms with Crippen LogP contribution < -0.4 is 5.32 Å². The summed E-state index contributed by atoms with van der Waals surface area (Å²) >= 11 is -2.00. The van der Waals surface area contributed by atoms with E-state index in [1.807, 2.05) is 27.7 Å². The first-order valence-electron chi connectivity index (χ1n) is 11.2. The van der Waals surface area contributed by atoms with Gasteiger partial charge in [-0.05, 0) is 6.92 Å². The van der Waals surface area contributed by atoms with Crippen molar-refractivity contribution in [1.82, 2.24) is 5.32 Å². The molecular formula is C22H42AsN2O7. The number of carboxylic acid groups (broad SMARTS) is 2. The Morgan fingerprint density at radius 3 is 2.16 bits per heavy atom. The molecule has 5 N–H and O–H groups in total. The van der Waals surface area contributed by atoms with E-state index in [2.05, 4.69) is 22.3 Å². The largest absolute Gasteiger partial charge is 0.503 e. The number of nitrogens with zero attached hydrogens (tertiary/aromatic N) is 1. The minimum Gasteiger partial charge on any atom is -0.450 e. The van der Waals surface area contributed by atoms with Gasteiger partial charge in [0.2, 0.25) is 0 Å². The van der Waals surface area contributed by atoms with E-state index in [-0.39, 0.29) is 34.3 Å². The van der Waals surface area contributed by atoms with Crippen molar-refractivity contribution in [3.63, 3.8) is 0 Å². The molecule has 2 aliphatic rings. The molecule has 9 nitrogen and oxygen atoms in total. The number of carbonyl (C=O) groups excluding carboxylic acids is 2. The van der Waals surface area contributed by atoms with Crippen LogP contribution in [0.25, 0.3) is 0 Å². The van der Waals surface area contributed by atoms with E-state index in [1.54, 1.807) is 13.0 Å². The molecule has 0 aliphatic carbocycles. The number of aliphatic hydroxyl groups is 1. The number of Topliss-reactive ketones (excluding diaryl/α,β-unsaturated/α-hetero) is 1. The second kappa shape index (κ2) is 17.7. The topological polar surface area (TPSA) is 157 Å². The van der Waals surface area contributed by atoms with Crippen molar-refractivity contribution in [3.8, 4) is 0 Å². The number of ketones is 1. The van der Waals surface area contributed by atoms with E-state index in [4.69, 9.17) is 20.2 Å². The third-order valence-corrected chi connectivity index (χ3v) is 13.7. The average molecular weight is 522 g/mol. The van der Waals surface area contributed by atoms with Crippen molar-refractivity contribution in [1.29, 1.82) is 0 Å². The minimum atomic E-state index is -2.00. The first-order valence-corrected chi connectivity index (χ1v) is 16.0. The van der Waals surface area contributed by atoms with E-state index in [9.17, 15) is 14.7 Å². The SMILES string of the molecule is CC.CC(=O)C(C)C.CCCCC(O)CCC[As]12C=C/C(=N\O)NC(=O)C1C2.O=C(O)O. The van der Waals surface area contributed by atoms with Crippen LogP contribution in [-0.2, 0) is 9.59 Å². The summed E-state index contributed by atoms with van der Waals surface area (Å²) in [5.74, 6) is 0.743. The number of unbranched alkanes of at least 4 members (excludes halogenated alkanes) is 1. The Balaban J connectivity index is 0. The van der Waals surface area contributed by atoms with Gasteiger partial charge >= 0.3 is 128 Å². The van der Waals surface area contributed by atoms with Crippen LogP contribution in [0.5, 0.6) is 0 Å². The van der Waals surface area contributed by atoms with Gasteiger partial charge < -0.3 is 10.2 Å². The molecule has 0 spiro atoms. The van der Waals surface area contributed by atoms with Crippen LogP contribution in [0.15, 0.2) is 16.1 Å². The summed E-state index contributed by atoms with van der Waals surface area (Å²) < 4.78 is 0.163. The molecule has 1 saturated heterocycles. The molecule has 1 radical (unpaired) electrons. The van der Waals surface area contributed by atoms with E-state index in [1.165, 1.54) is 0 Å². The molecule has 0 saturated carbocycles. The fourth-order valence-corrected chi connectivity index (χ4v) is 12.3. The van der Waals surface area contributed by atoms with Crippen LogP contribution in [0.1, 0.15) is 73.6 Å². The Bertz CT molecular complexity index is 634. The monoisotopic (exact) mass is 521 g/mol. The van der Waals surface area contributed by atoms with Crippen LogP contribution in [-0.4, -0.2) is 63.9 Å². The maximum atomic E-state index is 11.9. The van der Waals surface area contributed by atoms with Gasteiger partial charge in [-0.3, -0.25) is 4.79 Å². The zero-order valence-corrected chi connectivity index (χ0v) is 22.1. The predicted octanol–water partition coefficient (Wildman–Crippen LogP) is 4.64. The van der Waals surface area contributed by atoms with Crippen molar-refractivity contribution in [3.05, 3.63) is 10.9 Å². The van der Waals surface area contributed by atoms with Crippen LogP contribution in [0.3, 0.4) is 0 Å². The molecule has 2 heterocycles. The van der Waals surface area contributed by atoms with Gasteiger partial charge in [0, 0.05) is 5.92 Å². The Morgan fingerprint density at radius 1 is 1.22 bits per heavy atom. The molecule has 0 aromatic rings. The number of carbonyl (C=O) groups is 3. The fourth-order valence-electron chi connectivity index (χ4n) is 2.81. The first-order chi connectivity index (χ1) is 15.0. The summed E-state index contributed by atoms with van der Waals surface area (Å²) in [6.07, 6.45) is 4.64. The third kappa shape index (κ3) is 14.2. The van der Waals surface area contributed by atoms with E-state index < -0.39 is 19.7 Å². The number of hydrogen-bond acceptors (Lipinski definition) is 6. The van der Waals surface area contributed by atoms with E-state index >= 15 is 0 Å². The molecule has 3 atom stereocenters. The number of hydrogen-bond donors (Lipinski definition) is 5. The number of oxime groups is 1. The van der Waals surface area contributed by atoms with Crippen molar-refractivity contribution in [2.24, 2.45) is 11.1 Å². The maximum Gasteiger partial charge on any atom is 0.503 e. The second-order valence-electron chi connectivity index (χ2n) is 7.80. The first kappa shape index (κ1) is 32.3. The zero-order chi connectivity index (χ0) is 25.3. The molecule has 1 fully saturated rings. The Labute approximate surface area is 194 Å². The summed E-state index contributed by atoms with van der Waals surface area (Å²) in [5, 5.41) is 40.4. The number of amidine groups is 1. The predicted molar refractivity (Wildman–Crippen MR) is 128 cm³/mol. The van der Waals surface area contributed by atoms with Gasteiger partial charge in [0.25, 0.3) is 0 Å². The summed E-state index contributed by atoms with van der Waals surface area (Å²) in [4.78, 5) is 32.8. The van der Waals surface area contributed by atoms with Gasteiger partial charge in [-0.15, -0.1) is 0 Å². The zero-order valence-electron chi connectivity index (χ0n) is 20.2. The molecule has 0 aromatic heterocycles. The summed E-state index contributed by atoms with van der Waals surface area (Å²) in [6.45, 7) is 11.5. The molecule has 187 valence electrons. The maximum absolute atomic E-state index is 11.9. The molecule has 0 bridgehead atoms. The Hall–Kier alpha value is -1.86.